The second kappa shape index (κ2) is 5.52. The molecule has 2 N–H and O–H groups in total. The number of epoxide rings is 2. The van der Waals surface area contributed by atoms with Crippen LogP contribution in [0.25, 0.3) is 0 Å². The van der Waals surface area contributed by atoms with Crippen LogP contribution < -0.4 is 0 Å². The predicted molar refractivity (Wildman–Crippen MR) is 92.9 cm³/mol. The summed E-state index contributed by atoms with van der Waals surface area (Å²) in [4.78, 5) is 25.2. The van der Waals surface area contributed by atoms with Crippen LogP contribution >= 0.6 is 0 Å². The van der Waals surface area contributed by atoms with Gasteiger partial charge < -0.3 is 29.2 Å². The molecule has 4 bridgehead atoms. The van der Waals surface area contributed by atoms with Crippen LogP contribution in [0.4, 0.5) is 0 Å². The van der Waals surface area contributed by atoms with E-state index in [1.807, 2.05) is 6.92 Å². The summed E-state index contributed by atoms with van der Waals surface area (Å²) in [6.45, 7) is 7.88. The van der Waals surface area contributed by atoms with E-state index in [0.29, 0.717) is 13.0 Å². The Bertz CT molecular complexity index is 813. The monoisotopic (exact) mass is 392 g/mol. The molecular formula is C20H24O8. The molecule has 8 heteroatoms. The number of hydrogen-bond acceptors (Lipinski definition) is 8. The van der Waals surface area contributed by atoms with Crippen molar-refractivity contribution in [2.75, 3.05) is 6.61 Å². The molecule has 28 heavy (non-hydrogen) atoms. The van der Waals surface area contributed by atoms with Gasteiger partial charge in [-0.2, -0.15) is 0 Å². The molecule has 4 fully saturated rings. The van der Waals surface area contributed by atoms with Crippen molar-refractivity contribution >= 4 is 11.8 Å². The van der Waals surface area contributed by atoms with Crippen LogP contribution in [0.5, 0.6) is 0 Å². The third-order valence-electron chi connectivity index (χ3n) is 6.86. The van der Waals surface area contributed by atoms with Crippen molar-refractivity contribution in [2.24, 2.45) is 5.92 Å². The molecule has 5 heterocycles. The molecule has 5 rings (SSSR count). The largest absolute Gasteiger partial charge is 0.457 e. The lowest BCUT2D eigenvalue weighted by Gasteiger charge is -2.47. The number of esters is 1. The zero-order chi connectivity index (χ0) is 20.1. The van der Waals surface area contributed by atoms with Crippen molar-refractivity contribution in [2.45, 2.75) is 74.5 Å². The number of carbonyl (C=O) groups is 2. The van der Waals surface area contributed by atoms with Crippen LogP contribution in [0.2, 0.25) is 0 Å². The highest BCUT2D eigenvalue weighted by molar-refractivity contribution is 5.92. The number of rotatable bonds is 1. The molecule has 0 saturated carbocycles. The summed E-state index contributed by atoms with van der Waals surface area (Å²) >= 11 is 0. The zero-order valence-electron chi connectivity index (χ0n) is 15.8. The smallest absolute Gasteiger partial charge is 0.344 e. The Balaban J connectivity index is 1.60. The Morgan fingerprint density at radius 1 is 1.29 bits per heavy atom. The van der Waals surface area contributed by atoms with E-state index in [1.54, 1.807) is 6.92 Å². The van der Waals surface area contributed by atoms with E-state index in [-0.39, 0.29) is 24.2 Å². The first-order valence-electron chi connectivity index (χ1n) is 9.59. The van der Waals surface area contributed by atoms with Crippen LogP contribution in [-0.2, 0) is 28.5 Å². The van der Waals surface area contributed by atoms with Gasteiger partial charge in [0.2, 0.25) is 11.4 Å². The van der Waals surface area contributed by atoms with E-state index in [4.69, 9.17) is 18.9 Å². The molecule has 5 aliphatic heterocycles. The van der Waals surface area contributed by atoms with Gasteiger partial charge in [-0.25, -0.2) is 4.79 Å². The molecule has 0 aromatic carbocycles. The number of allylic oxidation sites excluding steroid dienone is 1. The fraction of sp³-hybridized carbons (Fsp3) is 0.700. The summed E-state index contributed by atoms with van der Waals surface area (Å²) < 4.78 is 22.7. The summed E-state index contributed by atoms with van der Waals surface area (Å²) in [5, 5.41) is 22.3. The van der Waals surface area contributed by atoms with E-state index in [1.165, 1.54) is 6.08 Å². The number of aliphatic hydroxyl groups is 2. The maximum Gasteiger partial charge on any atom is 0.344 e. The molecule has 0 amide bonds. The lowest BCUT2D eigenvalue weighted by atomic mass is 9.73. The van der Waals surface area contributed by atoms with Gasteiger partial charge in [0.25, 0.3) is 0 Å². The second-order valence-corrected chi connectivity index (χ2v) is 8.91. The first kappa shape index (κ1) is 18.4. The molecule has 0 aliphatic carbocycles. The number of hydrogen-bond donors (Lipinski definition) is 2. The zero-order valence-corrected chi connectivity index (χ0v) is 15.8. The summed E-state index contributed by atoms with van der Waals surface area (Å²) in [6.07, 6.45) is -1.30. The average molecular weight is 392 g/mol. The van der Waals surface area contributed by atoms with Crippen molar-refractivity contribution in [1.29, 1.82) is 0 Å². The lowest BCUT2D eigenvalue weighted by Crippen LogP contribution is -2.63. The first-order chi connectivity index (χ1) is 13.1. The summed E-state index contributed by atoms with van der Waals surface area (Å²) in [5.41, 5.74) is -1.15. The minimum absolute atomic E-state index is 0.0464. The van der Waals surface area contributed by atoms with Gasteiger partial charge in [0.15, 0.2) is 5.78 Å². The minimum atomic E-state index is -2.19. The van der Waals surface area contributed by atoms with Gasteiger partial charge in [0, 0.05) is 18.8 Å². The number of carbonyl (C=O) groups excluding carboxylic acids is 2. The van der Waals surface area contributed by atoms with Gasteiger partial charge in [-0.1, -0.05) is 12.2 Å². The van der Waals surface area contributed by atoms with Crippen molar-refractivity contribution in [3.63, 3.8) is 0 Å². The Morgan fingerprint density at radius 3 is 2.64 bits per heavy atom. The standard InChI is InChI=1S/C20H24O8/c1-9-4-11(21)6-10(2)20(24)15(22)12(18(3)8-25-18)7-14(27-20)19-16(28-19)13(5-9)26-17(19)23/h4,12-16,22,24H,2,5-8H2,1,3H3/b9-4+/t12-,13+,14-,15+,16+,18-,19-,20-/m1/s1. The van der Waals surface area contributed by atoms with Crippen LogP contribution in [0.1, 0.15) is 33.1 Å². The summed E-state index contributed by atoms with van der Waals surface area (Å²) in [5.74, 6) is -3.51. The molecular weight excluding hydrogens is 368 g/mol. The Kier molecular flexibility index (Phi) is 3.63. The van der Waals surface area contributed by atoms with Gasteiger partial charge >= 0.3 is 5.97 Å². The van der Waals surface area contributed by atoms with E-state index in [2.05, 4.69) is 6.58 Å². The highest BCUT2D eigenvalue weighted by Crippen LogP contribution is 2.58. The maximum atomic E-state index is 12.7. The first-order valence-corrected chi connectivity index (χ1v) is 9.59. The Labute approximate surface area is 162 Å². The fourth-order valence-electron chi connectivity index (χ4n) is 5.00. The molecule has 8 nitrogen and oxygen atoms in total. The van der Waals surface area contributed by atoms with Gasteiger partial charge in [0.05, 0.1) is 12.2 Å². The molecule has 8 atom stereocenters. The van der Waals surface area contributed by atoms with Crippen molar-refractivity contribution < 1.29 is 38.7 Å². The molecule has 0 radical (unpaired) electrons. The van der Waals surface area contributed by atoms with E-state index < -0.39 is 53.3 Å². The van der Waals surface area contributed by atoms with Gasteiger partial charge in [-0.15, -0.1) is 0 Å². The number of ether oxygens (including phenoxy) is 4. The van der Waals surface area contributed by atoms with Gasteiger partial charge in [0.1, 0.15) is 24.4 Å². The van der Waals surface area contributed by atoms with Gasteiger partial charge in [-0.05, 0) is 31.9 Å². The molecule has 4 saturated heterocycles. The molecule has 5 aliphatic rings. The van der Waals surface area contributed by atoms with Crippen LogP contribution in [-0.4, -0.2) is 70.0 Å². The molecule has 0 unspecified atom stereocenters. The van der Waals surface area contributed by atoms with Crippen molar-refractivity contribution in [1.82, 2.24) is 0 Å². The van der Waals surface area contributed by atoms with E-state index in [9.17, 15) is 19.8 Å². The average Bonchev–Trinajstić information content (AvgIpc) is 3.50. The summed E-state index contributed by atoms with van der Waals surface area (Å²) in [6, 6.07) is 0. The molecule has 0 aromatic rings. The Hall–Kier alpha value is -1.58. The van der Waals surface area contributed by atoms with Crippen molar-refractivity contribution in [3.05, 3.63) is 23.8 Å². The highest BCUT2D eigenvalue weighted by atomic mass is 16.7. The van der Waals surface area contributed by atoms with Crippen molar-refractivity contribution in [3.8, 4) is 0 Å². The normalized spacial score (nSPS) is 54.6. The third kappa shape index (κ3) is 2.35. The number of fused-ring (bicyclic) bond motifs is 2. The fourth-order valence-corrected chi connectivity index (χ4v) is 5.00. The molecule has 152 valence electrons. The van der Waals surface area contributed by atoms with Crippen LogP contribution in [0.3, 0.4) is 0 Å². The number of ketones is 1. The third-order valence-corrected chi connectivity index (χ3v) is 6.86. The van der Waals surface area contributed by atoms with Crippen LogP contribution in [0, 0.1) is 5.92 Å². The van der Waals surface area contributed by atoms with Crippen LogP contribution in [0.15, 0.2) is 23.8 Å². The predicted octanol–water partition coefficient (Wildman–Crippen LogP) is 0.158. The molecule has 0 spiro atoms. The number of aliphatic hydroxyl groups excluding tert-OH is 1. The van der Waals surface area contributed by atoms with Gasteiger partial charge in [-0.3, -0.25) is 4.79 Å². The second-order valence-electron chi connectivity index (χ2n) is 8.91. The maximum absolute atomic E-state index is 12.7. The Morgan fingerprint density at radius 2 is 2.00 bits per heavy atom. The lowest BCUT2D eigenvalue weighted by molar-refractivity contribution is -0.306. The molecule has 0 aromatic heterocycles. The SMILES string of the molecule is C=C1CC(=O)/C=C(\C)C[C@@H]2OC(=O)[C@@]3(O[C@@H]23)[C@H]2C[C@@H]([C@@]3(C)CO3)[C@H](O)[C@]1(O)O2. The highest BCUT2D eigenvalue weighted by Gasteiger charge is 2.79. The summed E-state index contributed by atoms with van der Waals surface area (Å²) in [7, 11) is 0. The topological polar surface area (TPSA) is 118 Å². The van der Waals surface area contributed by atoms with E-state index in [0.717, 1.165) is 5.57 Å². The quantitative estimate of drug-likeness (QED) is 0.368. The minimum Gasteiger partial charge on any atom is -0.457 e. The van der Waals surface area contributed by atoms with E-state index >= 15 is 0 Å².